The summed E-state index contributed by atoms with van der Waals surface area (Å²) in [5, 5.41) is 8.69. The normalized spacial score (nSPS) is 10.5. The molecule has 0 radical (unpaired) electrons. The topological polar surface area (TPSA) is 47.8 Å². The summed E-state index contributed by atoms with van der Waals surface area (Å²) in [5.74, 6) is 0.596. The van der Waals surface area contributed by atoms with Crippen molar-refractivity contribution in [3.63, 3.8) is 0 Å². The van der Waals surface area contributed by atoms with Gasteiger partial charge in [-0.2, -0.15) is 0 Å². The van der Waals surface area contributed by atoms with Crippen LogP contribution in [0.2, 0.25) is 0 Å². The second-order valence-corrected chi connectivity index (χ2v) is 5.09. The lowest BCUT2D eigenvalue weighted by Gasteiger charge is -2.04. The molecule has 6 heteroatoms. The van der Waals surface area contributed by atoms with Crippen LogP contribution >= 0.6 is 11.8 Å². The van der Waals surface area contributed by atoms with E-state index in [4.69, 9.17) is 0 Å². The number of ketones is 1. The molecule has 2 aromatic rings. The van der Waals surface area contributed by atoms with Gasteiger partial charge in [-0.25, -0.2) is 4.39 Å². The van der Waals surface area contributed by atoms with E-state index in [-0.39, 0.29) is 17.4 Å². The maximum atomic E-state index is 12.8. The summed E-state index contributed by atoms with van der Waals surface area (Å²) in [7, 11) is 0. The minimum absolute atomic E-state index is 0.0687. The van der Waals surface area contributed by atoms with E-state index in [0.29, 0.717) is 17.3 Å². The van der Waals surface area contributed by atoms with Gasteiger partial charge in [-0.05, 0) is 31.2 Å². The Morgan fingerprint density at radius 3 is 2.75 bits per heavy atom. The van der Waals surface area contributed by atoms with Gasteiger partial charge in [0.2, 0.25) is 0 Å². The van der Waals surface area contributed by atoms with Crippen molar-refractivity contribution in [3.8, 4) is 0 Å². The molecule has 2 rings (SSSR count). The molecule has 0 bridgehead atoms. The number of aryl methyl sites for hydroxylation is 1. The zero-order valence-corrected chi connectivity index (χ0v) is 11.9. The first-order valence-corrected chi connectivity index (χ1v) is 7.02. The van der Waals surface area contributed by atoms with Gasteiger partial charge in [0.15, 0.2) is 10.9 Å². The van der Waals surface area contributed by atoms with Crippen LogP contribution in [0.5, 0.6) is 0 Å². The SMILES string of the molecule is C=CCn1c(C)nnc1SCC(=O)c1ccc(F)cc1. The molecule has 0 saturated carbocycles. The van der Waals surface area contributed by atoms with Crippen LogP contribution < -0.4 is 0 Å². The molecule has 0 amide bonds. The third kappa shape index (κ3) is 3.33. The minimum Gasteiger partial charge on any atom is -0.302 e. The maximum Gasteiger partial charge on any atom is 0.191 e. The first kappa shape index (κ1) is 14.5. The lowest BCUT2D eigenvalue weighted by Crippen LogP contribution is -2.05. The summed E-state index contributed by atoms with van der Waals surface area (Å²) in [6.07, 6.45) is 1.75. The van der Waals surface area contributed by atoms with Crippen molar-refractivity contribution >= 4 is 17.5 Å². The van der Waals surface area contributed by atoms with Crippen LogP contribution in [0.15, 0.2) is 42.1 Å². The van der Waals surface area contributed by atoms with Crippen molar-refractivity contribution in [1.29, 1.82) is 0 Å². The number of thioether (sulfide) groups is 1. The molecule has 1 heterocycles. The summed E-state index contributed by atoms with van der Waals surface area (Å²) in [5.41, 5.74) is 0.491. The molecular weight excluding hydrogens is 277 g/mol. The number of carbonyl (C=O) groups excluding carboxylic acids is 1. The molecule has 0 spiro atoms. The van der Waals surface area contributed by atoms with Crippen LogP contribution in [0.25, 0.3) is 0 Å². The fourth-order valence-electron chi connectivity index (χ4n) is 1.66. The van der Waals surface area contributed by atoms with Gasteiger partial charge >= 0.3 is 0 Å². The van der Waals surface area contributed by atoms with Gasteiger partial charge in [0.1, 0.15) is 11.6 Å². The highest BCUT2D eigenvalue weighted by atomic mass is 32.2. The number of hydrogen-bond donors (Lipinski definition) is 0. The summed E-state index contributed by atoms with van der Waals surface area (Å²) in [4.78, 5) is 12.0. The molecule has 1 aromatic carbocycles. The Kier molecular flexibility index (Phi) is 4.68. The monoisotopic (exact) mass is 291 g/mol. The molecule has 20 heavy (non-hydrogen) atoms. The van der Waals surface area contributed by atoms with E-state index in [9.17, 15) is 9.18 Å². The van der Waals surface area contributed by atoms with Gasteiger partial charge in [0, 0.05) is 12.1 Å². The molecule has 0 atom stereocenters. The summed E-state index contributed by atoms with van der Waals surface area (Å²) in [6, 6.07) is 5.53. The van der Waals surface area contributed by atoms with E-state index in [1.54, 1.807) is 6.08 Å². The van der Waals surface area contributed by atoms with Crippen molar-refractivity contribution in [2.45, 2.75) is 18.6 Å². The number of Topliss-reactive ketones (excluding diaryl/α,β-unsaturated/α-hetero) is 1. The number of allylic oxidation sites excluding steroid dienone is 1. The summed E-state index contributed by atoms with van der Waals surface area (Å²) >= 11 is 1.31. The predicted molar refractivity (Wildman–Crippen MR) is 76.4 cm³/mol. The summed E-state index contributed by atoms with van der Waals surface area (Å²) < 4.78 is 14.7. The molecule has 1 aromatic heterocycles. The van der Waals surface area contributed by atoms with Crippen molar-refractivity contribution in [1.82, 2.24) is 14.8 Å². The van der Waals surface area contributed by atoms with Crippen LogP contribution in [0.1, 0.15) is 16.2 Å². The number of halogens is 1. The molecule has 0 aliphatic rings. The second kappa shape index (κ2) is 6.47. The van der Waals surface area contributed by atoms with Crippen LogP contribution in [-0.4, -0.2) is 26.3 Å². The average Bonchev–Trinajstić information content (AvgIpc) is 2.79. The lowest BCUT2D eigenvalue weighted by atomic mass is 10.1. The Hall–Kier alpha value is -1.95. The van der Waals surface area contributed by atoms with Gasteiger partial charge in [-0.3, -0.25) is 4.79 Å². The molecule has 0 fully saturated rings. The van der Waals surface area contributed by atoms with Crippen LogP contribution in [-0.2, 0) is 6.54 Å². The Bertz CT molecular complexity index is 622. The molecule has 0 aliphatic heterocycles. The number of aromatic nitrogens is 3. The van der Waals surface area contributed by atoms with E-state index in [1.165, 1.54) is 36.0 Å². The first-order valence-electron chi connectivity index (χ1n) is 6.04. The van der Waals surface area contributed by atoms with Gasteiger partial charge in [0.25, 0.3) is 0 Å². The number of carbonyl (C=O) groups is 1. The molecule has 0 aliphatic carbocycles. The Morgan fingerprint density at radius 1 is 1.40 bits per heavy atom. The quantitative estimate of drug-likeness (QED) is 0.466. The number of hydrogen-bond acceptors (Lipinski definition) is 4. The van der Waals surface area contributed by atoms with Crippen molar-refractivity contribution < 1.29 is 9.18 Å². The van der Waals surface area contributed by atoms with Gasteiger partial charge in [0.05, 0.1) is 5.75 Å². The highest BCUT2D eigenvalue weighted by molar-refractivity contribution is 7.99. The number of benzene rings is 1. The smallest absolute Gasteiger partial charge is 0.191 e. The molecule has 0 saturated heterocycles. The summed E-state index contributed by atoms with van der Waals surface area (Å²) in [6.45, 7) is 6.13. The molecule has 0 unspecified atom stereocenters. The standard InChI is InChI=1S/C14H14FN3OS/c1-3-8-18-10(2)16-17-14(18)20-9-13(19)11-4-6-12(15)7-5-11/h3-7H,1,8-9H2,2H3. The Morgan fingerprint density at radius 2 is 2.10 bits per heavy atom. The maximum absolute atomic E-state index is 12.8. The van der Waals surface area contributed by atoms with Crippen molar-refractivity contribution in [2.75, 3.05) is 5.75 Å². The van der Waals surface area contributed by atoms with Gasteiger partial charge < -0.3 is 4.57 Å². The molecule has 104 valence electrons. The van der Waals surface area contributed by atoms with E-state index in [1.807, 2.05) is 11.5 Å². The molecule has 0 N–H and O–H groups in total. The minimum atomic E-state index is -0.351. The highest BCUT2D eigenvalue weighted by Crippen LogP contribution is 2.18. The fourth-order valence-corrected chi connectivity index (χ4v) is 2.54. The third-order valence-electron chi connectivity index (χ3n) is 2.71. The van der Waals surface area contributed by atoms with E-state index >= 15 is 0 Å². The van der Waals surface area contributed by atoms with Crippen LogP contribution in [0, 0.1) is 12.7 Å². The zero-order chi connectivity index (χ0) is 14.5. The van der Waals surface area contributed by atoms with Gasteiger partial charge in [-0.1, -0.05) is 17.8 Å². The largest absolute Gasteiger partial charge is 0.302 e. The molecular formula is C14H14FN3OS. The second-order valence-electron chi connectivity index (χ2n) is 4.15. The van der Waals surface area contributed by atoms with Crippen molar-refractivity contribution in [3.05, 3.63) is 54.1 Å². The van der Waals surface area contributed by atoms with Crippen LogP contribution in [0.4, 0.5) is 4.39 Å². The van der Waals surface area contributed by atoms with E-state index in [0.717, 1.165) is 5.82 Å². The average molecular weight is 291 g/mol. The number of nitrogens with zero attached hydrogens (tertiary/aromatic N) is 3. The fraction of sp³-hybridized carbons (Fsp3) is 0.214. The van der Waals surface area contributed by atoms with Gasteiger partial charge in [-0.15, -0.1) is 16.8 Å². The van der Waals surface area contributed by atoms with Crippen LogP contribution in [0.3, 0.4) is 0 Å². The molecule has 4 nitrogen and oxygen atoms in total. The number of rotatable bonds is 6. The lowest BCUT2D eigenvalue weighted by molar-refractivity contribution is 0.102. The Labute approximate surface area is 120 Å². The third-order valence-corrected chi connectivity index (χ3v) is 3.68. The Balaban J connectivity index is 2.03. The van der Waals surface area contributed by atoms with Crippen molar-refractivity contribution in [2.24, 2.45) is 0 Å². The first-order chi connectivity index (χ1) is 9.61. The van der Waals surface area contributed by atoms with E-state index < -0.39 is 0 Å². The zero-order valence-electron chi connectivity index (χ0n) is 11.0. The highest BCUT2D eigenvalue weighted by Gasteiger charge is 2.12. The van der Waals surface area contributed by atoms with E-state index in [2.05, 4.69) is 16.8 Å². The predicted octanol–water partition coefficient (Wildman–Crippen LogP) is 2.89.